The summed E-state index contributed by atoms with van der Waals surface area (Å²) in [4.78, 5) is 12.6. The normalized spacial score (nSPS) is 11.1. The molecule has 0 aliphatic rings. The predicted molar refractivity (Wildman–Crippen MR) is 78.5 cm³/mol. The summed E-state index contributed by atoms with van der Waals surface area (Å²) in [7, 11) is 1.57. The van der Waals surface area contributed by atoms with Crippen LogP contribution in [-0.2, 0) is 6.54 Å². The van der Waals surface area contributed by atoms with E-state index in [0.29, 0.717) is 17.3 Å². The zero-order chi connectivity index (χ0) is 13.7. The molecule has 2 N–H and O–H groups in total. The second kappa shape index (κ2) is 6.60. The Morgan fingerprint density at radius 3 is 2.89 bits per heavy atom. The molecule has 7 heteroatoms. The first-order valence-electron chi connectivity index (χ1n) is 6.27. The number of anilines is 1. The quantitative estimate of drug-likeness (QED) is 0.781. The van der Waals surface area contributed by atoms with E-state index in [0.717, 1.165) is 18.6 Å². The number of ether oxygens (including phenoxy) is 1. The zero-order valence-corrected chi connectivity index (χ0v) is 12.1. The standard InChI is InChI=1S/C12H19N5OS/c1-18-11-9-10(14-8-15-11)17(12(13)16-9)6-4-3-5-7-19-2/h8H,3-7H2,1-2H3,(H2,13,16). The summed E-state index contributed by atoms with van der Waals surface area (Å²) in [6, 6.07) is 0. The van der Waals surface area contributed by atoms with Gasteiger partial charge in [-0.2, -0.15) is 16.7 Å². The van der Waals surface area contributed by atoms with Crippen LogP contribution in [0.2, 0.25) is 0 Å². The number of nitrogen functional groups attached to an aromatic ring is 1. The van der Waals surface area contributed by atoms with Gasteiger partial charge in [0.05, 0.1) is 7.11 Å². The number of aryl methyl sites for hydroxylation is 1. The van der Waals surface area contributed by atoms with Crippen molar-refractivity contribution in [3.63, 3.8) is 0 Å². The molecular weight excluding hydrogens is 262 g/mol. The number of methoxy groups -OCH3 is 1. The van der Waals surface area contributed by atoms with Crippen LogP contribution in [0.4, 0.5) is 5.95 Å². The highest BCUT2D eigenvalue weighted by molar-refractivity contribution is 7.98. The van der Waals surface area contributed by atoms with Gasteiger partial charge in [0.1, 0.15) is 6.33 Å². The van der Waals surface area contributed by atoms with Gasteiger partial charge >= 0.3 is 0 Å². The van der Waals surface area contributed by atoms with Crippen LogP contribution >= 0.6 is 11.8 Å². The molecule has 2 rings (SSSR count). The molecular formula is C12H19N5OS. The summed E-state index contributed by atoms with van der Waals surface area (Å²) in [6.45, 7) is 0.830. The van der Waals surface area contributed by atoms with E-state index in [1.54, 1.807) is 7.11 Å². The van der Waals surface area contributed by atoms with Crippen LogP contribution in [0.25, 0.3) is 11.2 Å². The lowest BCUT2D eigenvalue weighted by atomic mass is 10.2. The number of hydrogen-bond acceptors (Lipinski definition) is 6. The van der Waals surface area contributed by atoms with Crippen molar-refractivity contribution in [1.29, 1.82) is 0 Å². The summed E-state index contributed by atoms with van der Waals surface area (Å²) in [5.41, 5.74) is 7.32. The van der Waals surface area contributed by atoms with Gasteiger partial charge in [-0.3, -0.25) is 4.57 Å². The fourth-order valence-electron chi connectivity index (χ4n) is 2.00. The number of fused-ring (bicyclic) bond motifs is 1. The number of nitrogens with two attached hydrogens (primary N) is 1. The second-order valence-electron chi connectivity index (χ2n) is 4.23. The number of imidazole rings is 1. The van der Waals surface area contributed by atoms with Crippen LogP contribution in [-0.4, -0.2) is 38.6 Å². The molecule has 0 amide bonds. The Morgan fingerprint density at radius 2 is 2.16 bits per heavy atom. The fourth-order valence-corrected chi connectivity index (χ4v) is 2.49. The van der Waals surface area contributed by atoms with E-state index in [2.05, 4.69) is 21.2 Å². The van der Waals surface area contributed by atoms with Crippen molar-refractivity contribution in [1.82, 2.24) is 19.5 Å². The molecule has 104 valence electrons. The maximum Gasteiger partial charge on any atom is 0.245 e. The maximum absolute atomic E-state index is 5.94. The third-order valence-electron chi connectivity index (χ3n) is 2.95. The maximum atomic E-state index is 5.94. The van der Waals surface area contributed by atoms with Gasteiger partial charge in [0.15, 0.2) is 11.2 Å². The Balaban J connectivity index is 2.12. The van der Waals surface area contributed by atoms with Crippen LogP contribution < -0.4 is 10.5 Å². The number of thioether (sulfide) groups is 1. The first-order valence-corrected chi connectivity index (χ1v) is 7.67. The van der Waals surface area contributed by atoms with E-state index in [4.69, 9.17) is 10.5 Å². The predicted octanol–water partition coefficient (Wildman–Crippen LogP) is 1.95. The SMILES string of the molecule is COc1ncnc2c1nc(N)n2CCCCCSC. The molecule has 0 saturated carbocycles. The molecule has 0 bridgehead atoms. The number of aromatic nitrogens is 4. The minimum Gasteiger partial charge on any atom is -0.479 e. The van der Waals surface area contributed by atoms with Gasteiger partial charge in [0, 0.05) is 6.54 Å². The molecule has 0 atom stereocenters. The third-order valence-corrected chi connectivity index (χ3v) is 3.65. The average Bonchev–Trinajstić information content (AvgIpc) is 2.74. The molecule has 2 aromatic rings. The Bertz CT molecular complexity index is 542. The number of hydrogen-bond donors (Lipinski definition) is 1. The van der Waals surface area contributed by atoms with Gasteiger partial charge in [-0.05, 0) is 24.9 Å². The summed E-state index contributed by atoms with van der Waals surface area (Å²) in [5.74, 6) is 2.15. The lowest BCUT2D eigenvalue weighted by molar-refractivity contribution is 0.401. The molecule has 0 spiro atoms. The van der Waals surface area contributed by atoms with Gasteiger partial charge in [0.25, 0.3) is 0 Å². The van der Waals surface area contributed by atoms with Crippen molar-refractivity contribution in [2.75, 3.05) is 24.9 Å². The molecule has 0 unspecified atom stereocenters. The van der Waals surface area contributed by atoms with E-state index >= 15 is 0 Å². The van der Waals surface area contributed by atoms with Crippen molar-refractivity contribution >= 4 is 28.9 Å². The first-order chi connectivity index (χ1) is 9.27. The zero-order valence-electron chi connectivity index (χ0n) is 11.3. The monoisotopic (exact) mass is 281 g/mol. The van der Waals surface area contributed by atoms with E-state index in [1.165, 1.54) is 24.9 Å². The highest BCUT2D eigenvalue weighted by atomic mass is 32.2. The Hall–Kier alpha value is -1.50. The molecule has 0 aliphatic heterocycles. The minimum atomic E-state index is 0.470. The lowest BCUT2D eigenvalue weighted by Crippen LogP contribution is -2.04. The summed E-state index contributed by atoms with van der Waals surface area (Å²) < 4.78 is 7.10. The highest BCUT2D eigenvalue weighted by Crippen LogP contribution is 2.23. The number of rotatable bonds is 7. The molecule has 6 nitrogen and oxygen atoms in total. The van der Waals surface area contributed by atoms with E-state index in [1.807, 2.05) is 16.3 Å². The van der Waals surface area contributed by atoms with Crippen molar-refractivity contribution in [2.45, 2.75) is 25.8 Å². The molecule has 19 heavy (non-hydrogen) atoms. The summed E-state index contributed by atoms with van der Waals surface area (Å²) >= 11 is 1.88. The molecule has 0 radical (unpaired) electrons. The van der Waals surface area contributed by atoms with Gasteiger partial charge in [-0.1, -0.05) is 6.42 Å². The molecule has 0 fully saturated rings. The number of unbranched alkanes of at least 4 members (excludes halogenated alkanes) is 2. The molecule has 0 aliphatic carbocycles. The van der Waals surface area contributed by atoms with E-state index in [9.17, 15) is 0 Å². The largest absolute Gasteiger partial charge is 0.479 e. The summed E-state index contributed by atoms with van der Waals surface area (Å²) in [5, 5.41) is 0. The molecule has 0 aromatic carbocycles. The molecule has 0 saturated heterocycles. The Labute approximate surface area is 116 Å². The van der Waals surface area contributed by atoms with Crippen molar-refractivity contribution < 1.29 is 4.74 Å². The number of nitrogens with zero attached hydrogens (tertiary/aromatic N) is 4. The summed E-state index contributed by atoms with van der Waals surface area (Å²) in [6.07, 6.45) is 7.09. The topological polar surface area (TPSA) is 78.8 Å². The van der Waals surface area contributed by atoms with Crippen LogP contribution in [0.15, 0.2) is 6.33 Å². The minimum absolute atomic E-state index is 0.470. The van der Waals surface area contributed by atoms with Gasteiger partial charge in [0.2, 0.25) is 11.8 Å². The van der Waals surface area contributed by atoms with Gasteiger partial charge < -0.3 is 10.5 Å². The lowest BCUT2D eigenvalue weighted by Gasteiger charge is -2.05. The Morgan fingerprint density at radius 1 is 1.32 bits per heavy atom. The van der Waals surface area contributed by atoms with E-state index in [-0.39, 0.29) is 0 Å². The van der Waals surface area contributed by atoms with Crippen molar-refractivity contribution in [3.8, 4) is 5.88 Å². The Kier molecular flexibility index (Phi) is 4.84. The van der Waals surface area contributed by atoms with Crippen LogP contribution in [0, 0.1) is 0 Å². The average molecular weight is 281 g/mol. The first kappa shape index (κ1) is 13.9. The van der Waals surface area contributed by atoms with Crippen LogP contribution in [0.3, 0.4) is 0 Å². The fraction of sp³-hybridized carbons (Fsp3) is 0.583. The van der Waals surface area contributed by atoms with Gasteiger partial charge in [-0.15, -0.1) is 0 Å². The molecule has 2 heterocycles. The molecule has 2 aromatic heterocycles. The van der Waals surface area contributed by atoms with Crippen molar-refractivity contribution in [3.05, 3.63) is 6.33 Å². The van der Waals surface area contributed by atoms with Crippen LogP contribution in [0.1, 0.15) is 19.3 Å². The van der Waals surface area contributed by atoms with Crippen molar-refractivity contribution in [2.24, 2.45) is 0 Å². The van der Waals surface area contributed by atoms with Gasteiger partial charge in [-0.25, -0.2) is 9.97 Å². The third kappa shape index (κ3) is 3.09. The van der Waals surface area contributed by atoms with E-state index < -0.39 is 0 Å². The second-order valence-corrected chi connectivity index (χ2v) is 5.22. The smallest absolute Gasteiger partial charge is 0.245 e. The highest BCUT2D eigenvalue weighted by Gasteiger charge is 2.13. The van der Waals surface area contributed by atoms with Crippen LogP contribution in [0.5, 0.6) is 5.88 Å².